The molecule has 30 heavy (non-hydrogen) atoms. The normalized spacial score (nSPS) is 20.2. The molecule has 2 aliphatic heterocycles. The molecule has 1 aromatic carbocycles. The fourth-order valence-corrected chi connectivity index (χ4v) is 4.17. The Morgan fingerprint density at radius 1 is 1.20 bits per heavy atom. The molecule has 0 spiro atoms. The number of carbonyl (C=O) groups is 1. The van der Waals surface area contributed by atoms with E-state index in [1.807, 2.05) is 36.4 Å². The monoisotopic (exact) mass is 409 g/mol. The summed E-state index contributed by atoms with van der Waals surface area (Å²) in [4.78, 5) is 23.0. The summed E-state index contributed by atoms with van der Waals surface area (Å²) < 4.78 is 11.0. The first-order valence-corrected chi connectivity index (χ1v) is 10.3. The summed E-state index contributed by atoms with van der Waals surface area (Å²) in [6.45, 7) is 1.64. The average Bonchev–Trinajstić information content (AvgIpc) is 3.26. The number of pyridine rings is 1. The van der Waals surface area contributed by atoms with Crippen molar-refractivity contribution in [2.75, 3.05) is 20.3 Å². The summed E-state index contributed by atoms with van der Waals surface area (Å²) >= 11 is 0. The zero-order valence-electron chi connectivity index (χ0n) is 17.2. The van der Waals surface area contributed by atoms with E-state index in [9.17, 15) is 4.79 Å². The maximum absolute atomic E-state index is 13.2. The molecule has 0 saturated carbocycles. The second kappa shape index (κ2) is 9.26. The van der Waals surface area contributed by atoms with E-state index in [4.69, 9.17) is 14.3 Å². The van der Waals surface area contributed by atoms with Gasteiger partial charge in [0.1, 0.15) is 11.9 Å². The van der Waals surface area contributed by atoms with Gasteiger partial charge in [0, 0.05) is 50.6 Å². The van der Waals surface area contributed by atoms with Crippen molar-refractivity contribution in [3.05, 3.63) is 59.9 Å². The Hall–Kier alpha value is -2.93. The number of ether oxygens (including phenoxy) is 2. The van der Waals surface area contributed by atoms with E-state index in [0.717, 1.165) is 22.6 Å². The molecule has 1 amide bonds. The molecule has 7 heteroatoms. The molecule has 3 heterocycles. The van der Waals surface area contributed by atoms with Crippen LogP contribution in [-0.2, 0) is 20.9 Å². The second-order valence-electron chi connectivity index (χ2n) is 7.80. The molecule has 1 aromatic heterocycles. The number of amides is 1. The van der Waals surface area contributed by atoms with E-state index in [0.29, 0.717) is 45.4 Å². The van der Waals surface area contributed by atoms with Crippen LogP contribution in [0, 0.1) is 5.41 Å². The molecule has 1 atom stereocenters. The van der Waals surface area contributed by atoms with E-state index in [1.54, 1.807) is 19.5 Å². The Morgan fingerprint density at radius 3 is 2.73 bits per heavy atom. The fraction of sp³-hybridized carbons (Fsp3) is 0.435. The summed E-state index contributed by atoms with van der Waals surface area (Å²) in [7, 11) is 1.65. The van der Waals surface area contributed by atoms with Gasteiger partial charge in [-0.15, -0.1) is 0 Å². The van der Waals surface area contributed by atoms with Gasteiger partial charge in [0.15, 0.2) is 0 Å². The smallest absolute Gasteiger partial charge is 0.226 e. The molecular formula is C23H27N3O4. The van der Waals surface area contributed by atoms with E-state index < -0.39 is 5.41 Å². The maximum Gasteiger partial charge on any atom is 0.226 e. The van der Waals surface area contributed by atoms with Crippen molar-refractivity contribution >= 4 is 11.6 Å². The number of para-hydroxylation sites is 1. The molecule has 0 radical (unpaired) electrons. The van der Waals surface area contributed by atoms with Gasteiger partial charge in [-0.05, 0) is 42.7 Å². The molecule has 158 valence electrons. The van der Waals surface area contributed by atoms with Gasteiger partial charge < -0.3 is 19.6 Å². The first-order valence-electron chi connectivity index (χ1n) is 10.3. The van der Waals surface area contributed by atoms with E-state index >= 15 is 0 Å². The van der Waals surface area contributed by atoms with E-state index in [2.05, 4.69) is 15.5 Å². The Kier molecular flexibility index (Phi) is 6.28. The van der Waals surface area contributed by atoms with Crippen LogP contribution >= 0.6 is 0 Å². The quantitative estimate of drug-likeness (QED) is 0.760. The summed E-state index contributed by atoms with van der Waals surface area (Å²) in [5.74, 6) is 0.827. The number of rotatable bonds is 7. The Balaban J connectivity index is 1.43. The van der Waals surface area contributed by atoms with Crippen LogP contribution in [0.15, 0.2) is 53.9 Å². The summed E-state index contributed by atoms with van der Waals surface area (Å²) in [6.07, 6.45) is 5.94. The van der Waals surface area contributed by atoms with Crippen LogP contribution in [0.25, 0.3) is 0 Å². The van der Waals surface area contributed by atoms with Gasteiger partial charge in [0.2, 0.25) is 5.91 Å². The Morgan fingerprint density at radius 2 is 1.97 bits per heavy atom. The van der Waals surface area contributed by atoms with Crippen LogP contribution < -0.4 is 10.1 Å². The summed E-state index contributed by atoms with van der Waals surface area (Å²) in [5, 5.41) is 7.42. The number of carbonyl (C=O) groups excluding carboxylic acids is 1. The van der Waals surface area contributed by atoms with Crippen LogP contribution in [-0.4, -0.2) is 43.0 Å². The van der Waals surface area contributed by atoms with Crippen molar-refractivity contribution in [2.45, 2.75) is 38.3 Å². The summed E-state index contributed by atoms with van der Waals surface area (Å²) in [5.41, 5.74) is 2.31. The first-order chi connectivity index (χ1) is 14.7. The largest absolute Gasteiger partial charge is 0.496 e. The molecule has 1 N–H and O–H groups in total. The minimum absolute atomic E-state index is 0.0527. The lowest BCUT2D eigenvalue weighted by atomic mass is 9.74. The number of benzene rings is 1. The van der Waals surface area contributed by atoms with Gasteiger partial charge in [-0.3, -0.25) is 9.78 Å². The molecular weight excluding hydrogens is 382 g/mol. The predicted molar refractivity (Wildman–Crippen MR) is 112 cm³/mol. The topological polar surface area (TPSA) is 82.0 Å². The number of aromatic nitrogens is 1. The lowest BCUT2D eigenvalue weighted by molar-refractivity contribution is -0.140. The molecule has 0 bridgehead atoms. The molecule has 2 aromatic rings. The maximum atomic E-state index is 13.2. The number of nitrogens with one attached hydrogen (secondary N) is 1. The van der Waals surface area contributed by atoms with Gasteiger partial charge in [-0.25, -0.2) is 0 Å². The highest BCUT2D eigenvalue weighted by atomic mass is 16.6. The molecule has 7 nitrogen and oxygen atoms in total. The third kappa shape index (κ3) is 4.46. The van der Waals surface area contributed by atoms with Gasteiger partial charge in [-0.2, -0.15) is 0 Å². The summed E-state index contributed by atoms with van der Waals surface area (Å²) in [6, 6.07) is 11.6. The Labute approximate surface area is 176 Å². The fourth-order valence-electron chi connectivity index (χ4n) is 4.17. The predicted octanol–water partition coefficient (Wildman–Crippen LogP) is 3.09. The van der Waals surface area contributed by atoms with Crippen LogP contribution in [0.1, 0.15) is 36.8 Å². The lowest BCUT2D eigenvalue weighted by Gasteiger charge is -2.37. The molecule has 4 rings (SSSR count). The van der Waals surface area contributed by atoms with Crippen LogP contribution in [0.2, 0.25) is 0 Å². The molecule has 2 aliphatic rings. The van der Waals surface area contributed by atoms with Crippen LogP contribution in [0.3, 0.4) is 0 Å². The molecule has 1 saturated heterocycles. The average molecular weight is 409 g/mol. The zero-order valence-corrected chi connectivity index (χ0v) is 17.2. The van der Waals surface area contributed by atoms with Crippen LogP contribution in [0.4, 0.5) is 0 Å². The van der Waals surface area contributed by atoms with Crippen LogP contribution in [0.5, 0.6) is 5.75 Å². The first kappa shape index (κ1) is 20.3. The molecule has 1 unspecified atom stereocenters. The number of nitrogens with zero attached hydrogens (tertiary/aromatic N) is 2. The molecule has 0 aliphatic carbocycles. The number of hydrogen-bond acceptors (Lipinski definition) is 6. The van der Waals surface area contributed by atoms with Crippen molar-refractivity contribution in [3.8, 4) is 5.75 Å². The van der Waals surface area contributed by atoms with Crippen molar-refractivity contribution < 1.29 is 19.1 Å². The minimum atomic E-state index is -0.512. The standard InChI is InChI=1S/C23H27N3O4/c1-28-21-5-3-2-4-19(21)20-14-18(30-26-20)15-23(8-12-29-13-9-23)22(27)25-16-17-6-10-24-11-7-17/h2-7,10-11,18H,8-9,12-16H2,1H3,(H,25,27). The second-order valence-corrected chi connectivity index (χ2v) is 7.80. The minimum Gasteiger partial charge on any atom is -0.496 e. The third-order valence-corrected chi connectivity index (χ3v) is 5.90. The highest BCUT2D eigenvalue weighted by molar-refractivity contribution is 6.03. The highest BCUT2D eigenvalue weighted by Crippen LogP contribution is 2.39. The van der Waals surface area contributed by atoms with Gasteiger partial charge in [0.25, 0.3) is 0 Å². The van der Waals surface area contributed by atoms with Crippen molar-refractivity contribution in [2.24, 2.45) is 10.6 Å². The zero-order chi connectivity index (χ0) is 20.8. The van der Waals surface area contributed by atoms with E-state index in [1.165, 1.54) is 0 Å². The highest BCUT2D eigenvalue weighted by Gasteiger charge is 2.43. The van der Waals surface area contributed by atoms with Crippen molar-refractivity contribution in [1.82, 2.24) is 10.3 Å². The SMILES string of the molecule is COc1ccccc1C1=NOC(CC2(C(=O)NCc3ccncc3)CCOCC2)C1. The third-order valence-electron chi connectivity index (χ3n) is 5.90. The number of oxime groups is 1. The van der Waals surface area contributed by atoms with Crippen molar-refractivity contribution in [1.29, 1.82) is 0 Å². The number of hydrogen-bond donors (Lipinski definition) is 1. The van der Waals surface area contributed by atoms with E-state index in [-0.39, 0.29) is 12.0 Å². The lowest BCUT2D eigenvalue weighted by Crippen LogP contribution is -2.46. The Bertz CT molecular complexity index is 894. The number of methoxy groups -OCH3 is 1. The molecule has 1 fully saturated rings. The van der Waals surface area contributed by atoms with Gasteiger partial charge in [-0.1, -0.05) is 17.3 Å². The van der Waals surface area contributed by atoms with Gasteiger partial charge in [0.05, 0.1) is 18.2 Å². The van der Waals surface area contributed by atoms with Crippen molar-refractivity contribution in [3.63, 3.8) is 0 Å². The van der Waals surface area contributed by atoms with Gasteiger partial charge >= 0.3 is 0 Å².